The molecule has 0 bridgehead atoms. The highest BCUT2D eigenvalue weighted by molar-refractivity contribution is 5.57. The molecule has 0 aromatic heterocycles. The Morgan fingerprint density at radius 1 is 1.04 bits per heavy atom. The molecule has 0 saturated carbocycles. The number of benzene rings is 1. The van der Waals surface area contributed by atoms with Crippen molar-refractivity contribution in [1.82, 2.24) is 0 Å². The zero-order chi connectivity index (χ0) is 19.7. The van der Waals surface area contributed by atoms with Crippen LogP contribution in [0, 0.1) is 20.8 Å². The van der Waals surface area contributed by atoms with Gasteiger partial charge in [0.25, 0.3) is 6.08 Å². The smallest absolute Gasteiger partial charge is 0.266 e. The molecule has 0 heterocycles. The van der Waals surface area contributed by atoms with Crippen LogP contribution in [0.1, 0.15) is 68.2 Å². The van der Waals surface area contributed by atoms with Gasteiger partial charge in [0.2, 0.25) is 0 Å². The molecular weight excluding hydrogens is 334 g/mol. The summed E-state index contributed by atoms with van der Waals surface area (Å²) in [4.78, 5) is 0. The normalized spacial score (nSPS) is 11.6. The molecule has 4 heteroatoms. The lowest BCUT2D eigenvalue weighted by Crippen LogP contribution is -2.05. The number of phenolic OH excluding ortho intramolecular Hbond substituents is 1. The standard InChI is InChI=1S/C22H32F2O2/c1-6-7-12-19-18(5)21(25)16(3)17(4)22(19)26-14-9-11-15(2)10-8-13-20(23)24/h11,13,25H,6-10,12,14H2,1-5H3/b15-11+. The molecule has 1 aromatic rings. The van der Waals surface area contributed by atoms with Crippen molar-refractivity contribution < 1.29 is 18.6 Å². The Labute approximate surface area is 156 Å². The first-order chi connectivity index (χ1) is 12.3. The molecule has 0 spiro atoms. The molecule has 146 valence electrons. The largest absolute Gasteiger partial charge is 0.507 e. The molecule has 0 aliphatic carbocycles. The van der Waals surface area contributed by atoms with E-state index < -0.39 is 6.08 Å². The van der Waals surface area contributed by atoms with Crippen molar-refractivity contribution in [2.24, 2.45) is 0 Å². The second-order valence-electron chi connectivity index (χ2n) is 6.85. The van der Waals surface area contributed by atoms with Crippen molar-refractivity contribution >= 4 is 0 Å². The summed E-state index contributed by atoms with van der Waals surface area (Å²) in [6.45, 7) is 10.5. The Morgan fingerprint density at radius 2 is 1.73 bits per heavy atom. The van der Waals surface area contributed by atoms with Crippen LogP contribution in [-0.2, 0) is 6.42 Å². The molecule has 1 N–H and O–H groups in total. The van der Waals surface area contributed by atoms with Crippen LogP contribution in [-0.4, -0.2) is 11.7 Å². The van der Waals surface area contributed by atoms with E-state index in [-0.39, 0.29) is 0 Å². The first-order valence-electron chi connectivity index (χ1n) is 9.40. The van der Waals surface area contributed by atoms with Crippen molar-refractivity contribution in [2.45, 2.75) is 73.1 Å². The molecule has 0 aliphatic rings. The van der Waals surface area contributed by atoms with Gasteiger partial charge in [-0.15, -0.1) is 0 Å². The molecular formula is C22H32F2O2. The first-order valence-corrected chi connectivity index (χ1v) is 9.40. The van der Waals surface area contributed by atoms with Crippen LogP contribution in [0.3, 0.4) is 0 Å². The summed E-state index contributed by atoms with van der Waals surface area (Å²) in [5.41, 5.74) is 4.94. The van der Waals surface area contributed by atoms with E-state index in [1.165, 1.54) is 0 Å². The van der Waals surface area contributed by atoms with Crippen molar-refractivity contribution in [3.05, 3.63) is 46.1 Å². The fourth-order valence-corrected chi connectivity index (χ4v) is 3.00. The van der Waals surface area contributed by atoms with Crippen LogP contribution in [0.15, 0.2) is 23.8 Å². The number of allylic oxidation sites excluding steroid dienone is 2. The number of halogens is 2. The Bertz CT molecular complexity index is 657. The molecule has 0 amide bonds. The summed E-state index contributed by atoms with van der Waals surface area (Å²) in [5, 5.41) is 10.3. The van der Waals surface area contributed by atoms with Crippen molar-refractivity contribution in [1.29, 1.82) is 0 Å². The van der Waals surface area contributed by atoms with Crippen molar-refractivity contribution in [3.63, 3.8) is 0 Å². The van der Waals surface area contributed by atoms with E-state index in [4.69, 9.17) is 4.74 Å². The van der Waals surface area contributed by atoms with Crippen LogP contribution in [0.5, 0.6) is 11.5 Å². The number of ether oxygens (including phenoxy) is 1. The summed E-state index contributed by atoms with van der Waals surface area (Å²) >= 11 is 0. The predicted molar refractivity (Wildman–Crippen MR) is 104 cm³/mol. The second kappa shape index (κ2) is 11.0. The van der Waals surface area contributed by atoms with Crippen LogP contribution >= 0.6 is 0 Å². The van der Waals surface area contributed by atoms with E-state index in [0.29, 0.717) is 25.2 Å². The minimum atomic E-state index is -1.62. The number of hydrogen-bond donors (Lipinski definition) is 1. The molecule has 0 unspecified atom stereocenters. The number of aromatic hydroxyl groups is 1. The Hall–Kier alpha value is -1.84. The molecule has 0 radical (unpaired) electrons. The lowest BCUT2D eigenvalue weighted by atomic mass is 9.94. The van der Waals surface area contributed by atoms with Gasteiger partial charge in [0.15, 0.2) is 0 Å². The van der Waals surface area contributed by atoms with E-state index in [2.05, 4.69) is 6.92 Å². The summed E-state index contributed by atoms with van der Waals surface area (Å²) in [6.07, 6.45) is 6.15. The molecule has 0 atom stereocenters. The topological polar surface area (TPSA) is 29.5 Å². The monoisotopic (exact) mass is 366 g/mol. The third kappa shape index (κ3) is 6.47. The molecule has 0 aliphatic heterocycles. The van der Waals surface area contributed by atoms with Crippen LogP contribution in [0.25, 0.3) is 0 Å². The maximum Gasteiger partial charge on any atom is 0.266 e. The van der Waals surface area contributed by atoms with Gasteiger partial charge in [-0.2, -0.15) is 8.78 Å². The Balaban J connectivity index is 2.78. The third-order valence-electron chi connectivity index (χ3n) is 4.81. The number of hydrogen-bond acceptors (Lipinski definition) is 2. The van der Waals surface area contributed by atoms with Gasteiger partial charge in [0.1, 0.15) is 11.5 Å². The van der Waals surface area contributed by atoms with Gasteiger partial charge in [-0.3, -0.25) is 0 Å². The zero-order valence-corrected chi connectivity index (χ0v) is 16.7. The SMILES string of the molecule is CCCCc1c(C)c(O)c(C)c(C)c1OCC/C=C(\C)CCC=C(F)F. The first kappa shape index (κ1) is 22.2. The Kier molecular flexibility index (Phi) is 9.39. The van der Waals surface area contributed by atoms with Gasteiger partial charge >= 0.3 is 0 Å². The van der Waals surface area contributed by atoms with E-state index in [9.17, 15) is 13.9 Å². The highest BCUT2D eigenvalue weighted by Gasteiger charge is 2.17. The average Bonchev–Trinajstić information content (AvgIpc) is 2.60. The zero-order valence-electron chi connectivity index (χ0n) is 16.7. The van der Waals surface area contributed by atoms with Crippen LogP contribution < -0.4 is 4.74 Å². The van der Waals surface area contributed by atoms with Crippen molar-refractivity contribution in [2.75, 3.05) is 6.61 Å². The van der Waals surface area contributed by atoms with Gasteiger partial charge in [-0.1, -0.05) is 25.0 Å². The summed E-state index contributed by atoms with van der Waals surface area (Å²) in [7, 11) is 0. The summed E-state index contributed by atoms with van der Waals surface area (Å²) < 4.78 is 30.2. The minimum absolute atomic E-state index is 0.363. The maximum absolute atomic E-state index is 12.0. The number of unbranched alkanes of at least 4 members (excludes halogenated alkanes) is 1. The lowest BCUT2D eigenvalue weighted by Gasteiger charge is -2.20. The quantitative estimate of drug-likeness (QED) is 0.359. The van der Waals surface area contributed by atoms with E-state index in [1.807, 2.05) is 33.8 Å². The number of phenols is 1. The van der Waals surface area contributed by atoms with E-state index >= 15 is 0 Å². The molecule has 1 rings (SSSR count). The van der Waals surface area contributed by atoms with Gasteiger partial charge < -0.3 is 9.84 Å². The van der Waals surface area contributed by atoms with Gasteiger partial charge in [-0.25, -0.2) is 0 Å². The average molecular weight is 366 g/mol. The molecule has 0 saturated heterocycles. The van der Waals surface area contributed by atoms with Crippen molar-refractivity contribution in [3.8, 4) is 11.5 Å². The van der Waals surface area contributed by atoms with Gasteiger partial charge in [0.05, 0.1) is 6.61 Å². The second-order valence-corrected chi connectivity index (χ2v) is 6.85. The molecule has 0 fully saturated rings. The summed E-state index contributed by atoms with van der Waals surface area (Å²) in [5.74, 6) is 1.25. The fraction of sp³-hybridized carbons (Fsp3) is 0.545. The predicted octanol–water partition coefficient (Wildman–Crippen LogP) is 6.94. The third-order valence-corrected chi connectivity index (χ3v) is 4.81. The lowest BCUT2D eigenvalue weighted by molar-refractivity contribution is 0.317. The molecule has 26 heavy (non-hydrogen) atoms. The fourth-order valence-electron chi connectivity index (χ4n) is 3.00. The van der Waals surface area contributed by atoms with E-state index in [0.717, 1.165) is 65.3 Å². The highest BCUT2D eigenvalue weighted by atomic mass is 19.3. The maximum atomic E-state index is 12.0. The van der Waals surface area contributed by atoms with Crippen LogP contribution in [0.2, 0.25) is 0 Å². The molecule has 1 aromatic carbocycles. The summed E-state index contributed by atoms with van der Waals surface area (Å²) in [6, 6.07) is 0. The van der Waals surface area contributed by atoms with Gasteiger partial charge in [-0.05, 0) is 82.6 Å². The minimum Gasteiger partial charge on any atom is -0.507 e. The Morgan fingerprint density at radius 3 is 2.35 bits per heavy atom. The van der Waals surface area contributed by atoms with E-state index in [1.54, 1.807) is 0 Å². The molecule has 2 nitrogen and oxygen atoms in total. The number of rotatable bonds is 10. The van der Waals surface area contributed by atoms with Gasteiger partial charge in [0, 0.05) is 5.56 Å². The highest BCUT2D eigenvalue weighted by Crippen LogP contribution is 2.38. The van der Waals surface area contributed by atoms with Crippen LogP contribution in [0.4, 0.5) is 8.78 Å².